The fourth-order valence-electron chi connectivity index (χ4n) is 4.54. The highest BCUT2D eigenvalue weighted by molar-refractivity contribution is 5.95. The molecule has 6 rings (SSSR count). The second-order valence-electron chi connectivity index (χ2n) is 9.31. The molecular weight excluding hydrogens is 506 g/mol. The van der Waals surface area contributed by atoms with Crippen LogP contribution in [-0.4, -0.2) is 62.6 Å². The number of anilines is 2. The zero-order valence-corrected chi connectivity index (χ0v) is 21.7. The second kappa shape index (κ2) is 11.3. The molecule has 0 aliphatic carbocycles. The van der Waals surface area contributed by atoms with Gasteiger partial charge in [-0.15, -0.1) is 5.10 Å². The van der Waals surface area contributed by atoms with Gasteiger partial charge >= 0.3 is 0 Å². The Hall–Kier alpha value is -5.09. The van der Waals surface area contributed by atoms with Crippen molar-refractivity contribution in [2.75, 3.05) is 31.6 Å². The van der Waals surface area contributed by atoms with Crippen LogP contribution < -0.4 is 10.6 Å². The first kappa shape index (κ1) is 25.2. The van der Waals surface area contributed by atoms with E-state index in [1.165, 1.54) is 0 Å². The van der Waals surface area contributed by atoms with E-state index < -0.39 is 0 Å². The topological polar surface area (TPSA) is 114 Å². The average molecular weight is 534 g/mol. The number of amides is 2. The van der Waals surface area contributed by atoms with Gasteiger partial charge in [-0.25, -0.2) is 4.52 Å². The molecule has 4 heterocycles. The Kier molecular flexibility index (Phi) is 7.14. The minimum atomic E-state index is -0.165. The largest absolute Gasteiger partial charge is 0.378 e. The van der Waals surface area contributed by atoms with Crippen molar-refractivity contribution in [1.82, 2.24) is 29.8 Å². The van der Waals surface area contributed by atoms with Crippen LogP contribution in [-0.2, 0) is 11.3 Å². The van der Waals surface area contributed by atoms with Gasteiger partial charge in [-0.2, -0.15) is 4.98 Å². The van der Waals surface area contributed by atoms with Crippen molar-refractivity contribution in [1.29, 1.82) is 0 Å². The molecule has 10 nitrogen and oxygen atoms in total. The molecule has 2 N–H and O–H groups in total. The molecule has 3 aromatic heterocycles. The van der Waals surface area contributed by atoms with Crippen molar-refractivity contribution in [3.63, 3.8) is 0 Å². The molecule has 40 heavy (non-hydrogen) atoms. The standard InChI is InChI=1S/C30H27N7O3/c38-28(32-20-25-4-1-2-14-31-25)22-8-6-21(7-9-22)26-5-3-15-37-27(26)34-30(35-37)33-24-12-10-23(11-13-24)29(39)36-16-18-40-19-17-36/h1-15H,16-20H2,(H,32,38)(H,33,35). The lowest BCUT2D eigenvalue weighted by Crippen LogP contribution is -2.40. The first-order valence-electron chi connectivity index (χ1n) is 13.0. The van der Waals surface area contributed by atoms with Crippen molar-refractivity contribution in [3.8, 4) is 11.1 Å². The number of fused-ring (bicyclic) bond motifs is 1. The van der Waals surface area contributed by atoms with Gasteiger partial charge < -0.3 is 20.3 Å². The van der Waals surface area contributed by atoms with E-state index in [1.807, 2.05) is 60.8 Å². The summed E-state index contributed by atoms with van der Waals surface area (Å²) in [6.07, 6.45) is 3.54. The lowest BCUT2D eigenvalue weighted by atomic mass is 10.0. The highest BCUT2D eigenvalue weighted by Gasteiger charge is 2.18. The SMILES string of the molecule is O=C(NCc1ccccn1)c1ccc(-c2cccn3nc(Nc4ccc(C(=O)N5CCOCC5)cc4)nc23)cc1. The number of hydrogen-bond acceptors (Lipinski definition) is 7. The maximum Gasteiger partial charge on any atom is 0.254 e. The number of morpholine rings is 1. The molecule has 200 valence electrons. The molecule has 5 aromatic rings. The first-order valence-corrected chi connectivity index (χ1v) is 13.0. The third-order valence-electron chi connectivity index (χ3n) is 6.66. The van der Waals surface area contributed by atoms with Crippen LogP contribution in [0.25, 0.3) is 16.8 Å². The van der Waals surface area contributed by atoms with Gasteiger partial charge in [0.25, 0.3) is 11.8 Å². The second-order valence-corrected chi connectivity index (χ2v) is 9.31. The fraction of sp³-hybridized carbons (Fsp3) is 0.167. The van der Waals surface area contributed by atoms with E-state index in [0.29, 0.717) is 55.6 Å². The summed E-state index contributed by atoms with van der Waals surface area (Å²) in [5, 5.41) is 10.7. The Balaban J connectivity index is 1.14. The van der Waals surface area contributed by atoms with Gasteiger partial charge in [0.2, 0.25) is 5.95 Å². The van der Waals surface area contributed by atoms with E-state index >= 15 is 0 Å². The van der Waals surface area contributed by atoms with Crippen molar-refractivity contribution in [2.24, 2.45) is 0 Å². The van der Waals surface area contributed by atoms with Gasteiger partial charge in [-0.05, 0) is 66.2 Å². The summed E-state index contributed by atoms with van der Waals surface area (Å²) in [6, 6.07) is 24.1. The summed E-state index contributed by atoms with van der Waals surface area (Å²) in [4.78, 5) is 36.0. The average Bonchev–Trinajstić information content (AvgIpc) is 3.43. The molecule has 0 bridgehead atoms. The summed E-state index contributed by atoms with van der Waals surface area (Å²) in [5.41, 5.74) is 5.24. The molecule has 0 radical (unpaired) electrons. The van der Waals surface area contributed by atoms with Crippen molar-refractivity contribution in [2.45, 2.75) is 6.54 Å². The third kappa shape index (κ3) is 5.52. The van der Waals surface area contributed by atoms with Crippen LogP contribution in [0.4, 0.5) is 11.6 Å². The van der Waals surface area contributed by atoms with Crippen LogP contribution in [0, 0.1) is 0 Å². The molecule has 10 heteroatoms. The summed E-state index contributed by atoms with van der Waals surface area (Å²) in [6.45, 7) is 2.71. The van der Waals surface area contributed by atoms with Crippen LogP contribution in [0.1, 0.15) is 26.4 Å². The number of hydrogen-bond donors (Lipinski definition) is 2. The van der Waals surface area contributed by atoms with Crippen molar-refractivity contribution in [3.05, 3.63) is 108 Å². The van der Waals surface area contributed by atoms with Crippen molar-refractivity contribution >= 4 is 29.1 Å². The molecule has 1 saturated heterocycles. The Morgan fingerprint density at radius 1 is 0.875 bits per heavy atom. The van der Waals surface area contributed by atoms with Gasteiger partial charge in [-0.3, -0.25) is 14.6 Å². The van der Waals surface area contributed by atoms with Crippen LogP contribution in [0.15, 0.2) is 91.3 Å². The lowest BCUT2D eigenvalue weighted by molar-refractivity contribution is 0.0303. The molecule has 2 amide bonds. The monoisotopic (exact) mass is 533 g/mol. The van der Waals surface area contributed by atoms with Crippen LogP contribution >= 0.6 is 0 Å². The summed E-state index contributed by atoms with van der Waals surface area (Å²) in [7, 11) is 0. The number of carbonyl (C=O) groups is 2. The van der Waals surface area contributed by atoms with Crippen LogP contribution in [0.2, 0.25) is 0 Å². The molecule has 1 aliphatic rings. The van der Waals surface area contributed by atoms with Gasteiger partial charge in [0.1, 0.15) is 0 Å². The number of rotatable bonds is 7. The van der Waals surface area contributed by atoms with E-state index in [1.54, 1.807) is 39.9 Å². The zero-order chi connectivity index (χ0) is 27.3. The van der Waals surface area contributed by atoms with E-state index in [2.05, 4.69) is 20.7 Å². The number of benzene rings is 2. The molecule has 1 aliphatic heterocycles. The Bertz CT molecular complexity index is 1630. The summed E-state index contributed by atoms with van der Waals surface area (Å²) >= 11 is 0. The summed E-state index contributed by atoms with van der Waals surface area (Å²) in [5.74, 6) is 0.273. The van der Waals surface area contributed by atoms with Crippen molar-refractivity contribution < 1.29 is 14.3 Å². The highest BCUT2D eigenvalue weighted by Crippen LogP contribution is 2.25. The van der Waals surface area contributed by atoms with Gasteiger partial charge in [0.05, 0.1) is 25.5 Å². The quantitative estimate of drug-likeness (QED) is 0.326. The predicted molar refractivity (Wildman–Crippen MR) is 150 cm³/mol. The Morgan fingerprint density at radius 2 is 1.65 bits per heavy atom. The molecular formula is C30H27N7O3. The van der Waals surface area contributed by atoms with Crippen LogP contribution in [0.5, 0.6) is 0 Å². The minimum absolute atomic E-state index is 0.00190. The van der Waals surface area contributed by atoms with Gasteiger partial charge in [-0.1, -0.05) is 18.2 Å². The molecule has 0 atom stereocenters. The van der Waals surface area contributed by atoms with Crippen LogP contribution in [0.3, 0.4) is 0 Å². The number of carbonyl (C=O) groups excluding carboxylic acids is 2. The number of ether oxygens (including phenoxy) is 1. The molecule has 0 saturated carbocycles. The minimum Gasteiger partial charge on any atom is -0.378 e. The van der Waals surface area contributed by atoms with E-state index in [-0.39, 0.29) is 11.8 Å². The van der Waals surface area contributed by atoms with Gasteiger partial charge in [0, 0.05) is 47.9 Å². The molecule has 2 aromatic carbocycles. The Labute approximate surface area is 230 Å². The first-order chi connectivity index (χ1) is 19.6. The number of nitrogens with zero attached hydrogens (tertiary/aromatic N) is 5. The van der Waals surface area contributed by atoms with Gasteiger partial charge in [0.15, 0.2) is 5.65 Å². The number of nitrogens with one attached hydrogen (secondary N) is 2. The predicted octanol–water partition coefficient (Wildman–Crippen LogP) is 3.94. The summed E-state index contributed by atoms with van der Waals surface area (Å²) < 4.78 is 7.04. The maximum atomic E-state index is 12.7. The maximum absolute atomic E-state index is 12.7. The lowest BCUT2D eigenvalue weighted by Gasteiger charge is -2.26. The van der Waals surface area contributed by atoms with E-state index in [4.69, 9.17) is 9.72 Å². The molecule has 0 spiro atoms. The molecule has 1 fully saturated rings. The number of pyridine rings is 2. The highest BCUT2D eigenvalue weighted by atomic mass is 16.5. The smallest absolute Gasteiger partial charge is 0.254 e. The van der Waals surface area contributed by atoms with E-state index in [0.717, 1.165) is 22.5 Å². The third-order valence-corrected chi connectivity index (χ3v) is 6.66. The molecule has 0 unspecified atom stereocenters. The Morgan fingerprint density at radius 3 is 2.40 bits per heavy atom. The number of aromatic nitrogens is 4. The van der Waals surface area contributed by atoms with E-state index in [9.17, 15) is 9.59 Å². The normalized spacial score (nSPS) is 13.2. The zero-order valence-electron chi connectivity index (χ0n) is 21.7. The fourth-order valence-corrected chi connectivity index (χ4v) is 4.54.